The molecule has 30 heavy (non-hydrogen) atoms. The van der Waals surface area contributed by atoms with E-state index >= 15 is 0 Å². The summed E-state index contributed by atoms with van der Waals surface area (Å²) in [5.74, 6) is 0.528. The minimum Gasteiger partial charge on any atom is -0.497 e. The number of rotatable bonds is 6. The first-order valence-corrected chi connectivity index (χ1v) is 10.3. The molecule has 2 aliphatic heterocycles. The van der Waals surface area contributed by atoms with Crippen molar-refractivity contribution in [3.63, 3.8) is 0 Å². The van der Waals surface area contributed by atoms with Gasteiger partial charge >= 0.3 is 0 Å². The van der Waals surface area contributed by atoms with Gasteiger partial charge in [-0.3, -0.25) is 14.5 Å². The van der Waals surface area contributed by atoms with E-state index in [1.54, 1.807) is 36.3 Å². The van der Waals surface area contributed by atoms with Gasteiger partial charge in [0.25, 0.3) is 11.8 Å². The summed E-state index contributed by atoms with van der Waals surface area (Å²) in [4.78, 5) is 29.7. The Hall–Kier alpha value is -2.90. The van der Waals surface area contributed by atoms with Crippen LogP contribution in [0.5, 0.6) is 5.75 Å². The SMILES string of the molecule is COc1ccc(C(=O)N2CCc3ccc(C(=O)NCCN4CCOCC4)cc32)cc1. The van der Waals surface area contributed by atoms with Crippen LogP contribution < -0.4 is 15.0 Å². The maximum atomic E-state index is 13.0. The van der Waals surface area contributed by atoms with E-state index in [0.29, 0.717) is 30.0 Å². The number of nitrogens with zero attached hydrogens (tertiary/aromatic N) is 2. The van der Waals surface area contributed by atoms with Gasteiger partial charge in [-0.15, -0.1) is 0 Å². The third kappa shape index (κ3) is 4.47. The van der Waals surface area contributed by atoms with Crippen LogP contribution in [0.1, 0.15) is 26.3 Å². The van der Waals surface area contributed by atoms with E-state index in [9.17, 15) is 9.59 Å². The second-order valence-corrected chi connectivity index (χ2v) is 7.49. The molecule has 158 valence electrons. The lowest BCUT2D eigenvalue weighted by atomic mass is 10.1. The number of methoxy groups -OCH3 is 1. The second kappa shape index (κ2) is 9.28. The molecule has 0 atom stereocenters. The summed E-state index contributed by atoms with van der Waals surface area (Å²) < 4.78 is 10.5. The molecule has 2 aromatic carbocycles. The number of amides is 2. The number of hydrogen-bond acceptors (Lipinski definition) is 5. The zero-order valence-electron chi connectivity index (χ0n) is 17.2. The van der Waals surface area contributed by atoms with Crippen LogP contribution in [-0.2, 0) is 11.2 Å². The number of nitrogens with one attached hydrogen (secondary N) is 1. The second-order valence-electron chi connectivity index (χ2n) is 7.49. The average Bonchev–Trinajstić information content (AvgIpc) is 3.22. The normalized spacial score (nSPS) is 16.2. The number of carbonyl (C=O) groups excluding carboxylic acids is 2. The van der Waals surface area contributed by atoms with Crippen LogP contribution in [0, 0.1) is 0 Å². The summed E-state index contributed by atoms with van der Waals surface area (Å²) in [5, 5.41) is 2.99. The molecule has 0 bridgehead atoms. The lowest BCUT2D eigenvalue weighted by Gasteiger charge is -2.26. The van der Waals surface area contributed by atoms with E-state index in [0.717, 1.165) is 50.5 Å². The lowest BCUT2D eigenvalue weighted by molar-refractivity contribution is 0.0383. The standard InChI is InChI=1S/C23H27N3O4/c1-29-20-6-4-18(5-7-20)23(28)26-10-8-17-2-3-19(16-21(17)26)22(27)24-9-11-25-12-14-30-15-13-25/h2-7,16H,8-15H2,1H3,(H,24,27). The Balaban J connectivity index is 1.41. The highest BCUT2D eigenvalue weighted by molar-refractivity contribution is 6.08. The fourth-order valence-corrected chi connectivity index (χ4v) is 3.88. The number of ether oxygens (including phenoxy) is 2. The van der Waals surface area contributed by atoms with Crippen molar-refractivity contribution in [1.29, 1.82) is 0 Å². The third-order valence-electron chi connectivity index (χ3n) is 5.64. The number of benzene rings is 2. The van der Waals surface area contributed by atoms with Gasteiger partial charge < -0.3 is 19.7 Å². The highest BCUT2D eigenvalue weighted by Crippen LogP contribution is 2.30. The predicted octanol–water partition coefficient (Wildman–Crippen LogP) is 1.96. The molecule has 2 aliphatic rings. The molecule has 0 radical (unpaired) electrons. The van der Waals surface area contributed by atoms with Crippen molar-refractivity contribution in [2.24, 2.45) is 0 Å². The van der Waals surface area contributed by atoms with Crippen molar-refractivity contribution in [2.75, 3.05) is 57.9 Å². The zero-order valence-corrected chi connectivity index (χ0v) is 17.2. The summed E-state index contributed by atoms with van der Waals surface area (Å²) >= 11 is 0. The molecule has 4 rings (SSSR count). The zero-order chi connectivity index (χ0) is 20.9. The van der Waals surface area contributed by atoms with Crippen LogP contribution in [0.3, 0.4) is 0 Å². The molecule has 2 aromatic rings. The van der Waals surface area contributed by atoms with Gasteiger partial charge in [-0.05, 0) is 48.4 Å². The van der Waals surface area contributed by atoms with Gasteiger partial charge in [-0.1, -0.05) is 6.07 Å². The van der Waals surface area contributed by atoms with Crippen molar-refractivity contribution in [3.8, 4) is 5.75 Å². The third-order valence-corrected chi connectivity index (χ3v) is 5.64. The summed E-state index contributed by atoms with van der Waals surface area (Å²) in [6.45, 7) is 5.30. The molecule has 0 aromatic heterocycles. The van der Waals surface area contributed by atoms with Crippen LogP contribution in [0.4, 0.5) is 5.69 Å². The molecule has 0 aliphatic carbocycles. The maximum Gasteiger partial charge on any atom is 0.258 e. The van der Waals surface area contributed by atoms with Crippen molar-refractivity contribution in [3.05, 3.63) is 59.2 Å². The van der Waals surface area contributed by atoms with Gasteiger partial charge in [0.15, 0.2) is 0 Å². The van der Waals surface area contributed by atoms with E-state index in [-0.39, 0.29) is 11.8 Å². The molecule has 1 fully saturated rings. The van der Waals surface area contributed by atoms with E-state index < -0.39 is 0 Å². The number of fused-ring (bicyclic) bond motifs is 1. The van der Waals surface area contributed by atoms with Crippen molar-refractivity contribution >= 4 is 17.5 Å². The highest BCUT2D eigenvalue weighted by atomic mass is 16.5. The minimum absolute atomic E-state index is 0.0683. The minimum atomic E-state index is -0.116. The Bertz CT molecular complexity index is 907. The average molecular weight is 409 g/mol. The quantitative estimate of drug-likeness (QED) is 0.790. The Labute approximate surface area is 176 Å². The number of carbonyl (C=O) groups is 2. The van der Waals surface area contributed by atoms with Crippen molar-refractivity contribution < 1.29 is 19.1 Å². The van der Waals surface area contributed by atoms with Crippen LogP contribution in [0.25, 0.3) is 0 Å². The highest BCUT2D eigenvalue weighted by Gasteiger charge is 2.26. The first-order valence-electron chi connectivity index (χ1n) is 10.3. The molecule has 0 spiro atoms. The molecule has 2 amide bonds. The van der Waals surface area contributed by atoms with E-state index in [1.165, 1.54) is 0 Å². The van der Waals surface area contributed by atoms with Crippen molar-refractivity contribution in [1.82, 2.24) is 10.2 Å². The summed E-state index contributed by atoms with van der Waals surface area (Å²) in [6, 6.07) is 12.7. The van der Waals surface area contributed by atoms with Gasteiger partial charge in [0.1, 0.15) is 5.75 Å². The molecule has 2 heterocycles. The Morgan fingerprint density at radius 2 is 1.77 bits per heavy atom. The maximum absolute atomic E-state index is 13.0. The van der Waals surface area contributed by atoms with Crippen LogP contribution >= 0.6 is 0 Å². The van der Waals surface area contributed by atoms with Crippen LogP contribution in [0.15, 0.2) is 42.5 Å². The van der Waals surface area contributed by atoms with Crippen molar-refractivity contribution in [2.45, 2.75) is 6.42 Å². The summed E-state index contributed by atoms with van der Waals surface area (Å²) in [6.07, 6.45) is 0.788. The van der Waals surface area contributed by atoms with Crippen LogP contribution in [0.2, 0.25) is 0 Å². The topological polar surface area (TPSA) is 71.1 Å². The fraction of sp³-hybridized carbons (Fsp3) is 0.391. The molecule has 1 N–H and O–H groups in total. The Morgan fingerprint density at radius 1 is 1.03 bits per heavy atom. The molecule has 7 nitrogen and oxygen atoms in total. The number of anilines is 1. The molecule has 0 saturated carbocycles. The first kappa shape index (κ1) is 20.4. The summed E-state index contributed by atoms with van der Waals surface area (Å²) in [5.41, 5.74) is 3.08. The number of hydrogen-bond donors (Lipinski definition) is 1. The molecular weight excluding hydrogens is 382 g/mol. The van der Waals surface area contributed by atoms with Gasteiger partial charge in [0, 0.05) is 49.5 Å². The van der Waals surface area contributed by atoms with Gasteiger partial charge in [0.05, 0.1) is 20.3 Å². The molecule has 0 unspecified atom stereocenters. The Morgan fingerprint density at radius 3 is 2.50 bits per heavy atom. The molecular formula is C23H27N3O4. The molecule has 1 saturated heterocycles. The van der Waals surface area contributed by atoms with E-state index in [2.05, 4.69) is 10.2 Å². The Kier molecular flexibility index (Phi) is 6.30. The van der Waals surface area contributed by atoms with E-state index in [1.807, 2.05) is 18.2 Å². The monoisotopic (exact) mass is 409 g/mol. The van der Waals surface area contributed by atoms with E-state index in [4.69, 9.17) is 9.47 Å². The molecule has 7 heteroatoms. The lowest BCUT2D eigenvalue weighted by Crippen LogP contribution is -2.41. The van der Waals surface area contributed by atoms with Crippen LogP contribution in [-0.4, -0.2) is 69.8 Å². The predicted molar refractivity (Wildman–Crippen MR) is 114 cm³/mol. The first-order chi connectivity index (χ1) is 14.7. The number of morpholine rings is 1. The van der Waals surface area contributed by atoms with Gasteiger partial charge in [0.2, 0.25) is 0 Å². The smallest absolute Gasteiger partial charge is 0.258 e. The largest absolute Gasteiger partial charge is 0.497 e. The van der Waals surface area contributed by atoms with Gasteiger partial charge in [-0.2, -0.15) is 0 Å². The fourth-order valence-electron chi connectivity index (χ4n) is 3.88. The summed E-state index contributed by atoms with van der Waals surface area (Å²) in [7, 11) is 1.60. The van der Waals surface area contributed by atoms with Gasteiger partial charge in [-0.25, -0.2) is 0 Å².